The standard InChI is InChI=1S/C10H12BrClO3/c1-4(13)5-6(14)8(11)10(2,3)9(12)7(5)15/h5,8-9H,1-3H3/t5-,8-,9+/m0/s1. The summed E-state index contributed by atoms with van der Waals surface area (Å²) < 4.78 is 0. The molecule has 0 aromatic rings. The topological polar surface area (TPSA) is 51.2 Å². The minimum absolute atomic E-state index is 0.380. The van der Waals surface area contributed by atoms with Crippen LogP contribution in [0.1, 0.15) is 20.8 Å². The zero-order valence-electron chi connectivity index (χ0n) is 8.71. The Kier molecular flexibility index (Phi) is 3.41. The van der Waals surface area contributed by atoms with E-state index >= 15 is 0 Å². The summed E-state index contributed by atoms with van der Waals surface area (Å²) in [7, 11) is 0. The molecule has 0 unspecified atom stereocenters. The fourth-order valence-corrected chi connectivity index (χ4v) is 2.63. The Hall–Kier alpha value is -0.220. The third kappa shape index (κ3) is 1.89. The summed E-state index contributed by atoms with van der Waals surface area (Å²) in [6.45, 7) is 4.70. The molecule has 0 radical (unpaired) electrons. The Morgan fingerprint density at radius 1 is 1.33 bits per heavy atom. The molecule has 1 aliphatic carbocycles. The Bertz CT molecular complexity index is 314. The third-order valence-corrected chi connectivity index (χ3v) is 5.19. The molecular weight excluding hydrogens is 283 g/mol. The van der Waals surface area contributed by atoms with Crippen molar-refractivity contribution in [3.63, 3.8) is 0 Å². The molecule has 1 rings (SSSR count). The van der Waals surface area contributed by atoms with Crippen LogP contribution in [0.4, 0.5) is 0 Å². The number of Topliss-reactive ketones (excluding diaryl/α,β-unsaturated/α-hetero) is 3. The average Bonchev–Trinajstić information content (AvgIpc) is 2.12. The van der Waals surface area contributed by atoms with E-state index in [1.807, 2.05) is 0 Å². The van der Waals surface area contributed by atoms with E-state index in [-0.39, 0.29) is 5.78 Å². The van der Waals surface area contributed by atoms with Gasteiger partial charge in [-0.3, -0.25) is 14.4 Å². The highest BCUT2D eigenvalue weighted by molar-refractivity contribution is 9.10. The number of rotatable bonds is 1. The highest BCUT2D eigenvalue weighted by Gasteiger charge is 2.54. The molecule has 84 valence electrons. The Balaban J connectivity index is 3.17. The molecule has 0 aromatic heterocycles. The van der Waals surface area contributed by atoms with Crippen LogP contribution in [0.25, 0.3) is 0 Å². The first-order chi connectivity index (χ1) is 6.71. The highest BCUT2D eigenvalue weighted by Crippen LogP contribution is 2.42. The summed E-state index contributed by atoms with van der Waals surface area (Å²) in [6, 6.07) is 0. The monoisotopic (exact) mass is 294 g/mol. The lowest BCUT2D eigenvalue weighted by molar-refractivity contribution is -0.143. The van der Waals surface area contributed by atoms with E-state index in [1.54, 1.807) is 13.8 Å². The molecule has 0 bridgehead atoms. The molecule has 5 heteroatoms. The van der Waals surface area contributed by atoms with E-state index in [0.717, 1.165) is 0 Å². The van der Waals surface area contributed by atoms with Gasteiger partial charge in [-0.05, 0) is 6.92 Å². The summed E-state index contributed by atoms with van der Waals surface area (Å²) in [6.07, 6.45) is 0. The van der Waals surface area contributed by atoms with Gasteiger partial charge in [0.1, 0.15) is 11.7 Å². The van der Waals surface area contributed by atoms with Crippen molar-refractivity contribution in [3.8, 4) is 0 Å². The van der Waals surface area contributed by atoms with Gasteiger partial charge in [-0.15, -0.1) is 11.6 Å². The van der Waals surface area contributed by atoms with E-state index in [0.29, 0.717) is 0 Å². The molecule has 1 fully saturated rings. The normalized spacial score (nSPS) is 35.4. The van der Waals surface area contributed by atoms with Gasteiger partial charge in [0.2, 0.25) is 0 Å². The van der Waals surface area contributed by atoms with Crippen LogP contribution in [0.3, 0.4) is 0 Å². The van der Waals surface area contributed by atoms with Crippen molar-refractivity contribution in [2.75, 3.05) is 0 Å². The zero-order chi connectivity index (χ0) is 12.0. The van der Waals surface area contributed by atoms with Gasteiger partial charge < -0.3 is 0 Å². The summed E-state index contributed by atoms with van der Waals surface area (Å²) in [5, 5.41) is -0.812. The van der Waals surface area contributed by atoms with E-state index in [1.165, 1.54) is 6.92 Å². The molecule has 0 saturated heterocycles. The van der Waals surface area contributed by atoms with Crippen molar-refractivity contribution in [2.45, 2.75) is 31.0 Å². The molecule has 0 spiro atoms. The van der Waals surface area contributed by atoms with E-state index in [4.69, 9.17) is 11.6 Å². The quantitative estimate of drug-likeness (QED) is 0.547. The third-order valence-electron chi connectivity index (χ3n) is 2.78. The largest absolute Gasteiger partial charge is 0.299 e. The van der Waals surface area contributed by atoms with E-state index in [9.17, 15) is 14.4 Å². The van der Waals surface area contributed by atoms with Gasteiger partial charge in [-0.1, -0.05) is 29.8 Å². The van der Waals surface area contributed by atoms with Gasteiger partial charge in [0.15, 0.2) is 11.6 Å². The van der Waals surface area contributed by atoms with Crippen molar-refractivity contribution in [1.82, 2.24) is 0 Å². The molecular formula is C10H12BrClO3. The van der Waals surface area contributed by atoms with Gasteiger partial charge in [-0.25, -0.2) is 0 Å². The average molecular weight is 296 g/mol. The summed E-state index contributed by atoms with van der Waals surface area (Å²) in [4.78, 5) is 34.2. The summed E-state index contributed by atoms with van der Waals surface area (Å²) in [5.41, 5.74) is -0.665. The Morgan fingerprint density at radius 3 is 2.20 bits per heavy atom. The van der Waals surface area contributed by atoms with Crippen LogP contribution in [-0.4, -0.2) is 27.6 Å². The van der Waals surface area contributed by atoms with Crippen molar-refractivity contribution >= 4 is 44.9 Å². The first-order valence-corrected chi connectivity index (χ1v) is 5.92. The SMILES string of the molecule is CC(=O)[C@@H]1C(=O)[C@@H](Cl)C(C)(C)[C@@H](Br)C1=O. The summed E-state index contributed by atoms with van der Waals surface area (Å²) in [5.74, 6) is -2.48. The van der Waals surface area contributed by atoms with Crippen LogP contribution in [0.2, 0.25) is 0 Å². The minimum atomic E-state index is -1.19. The van der Waals surface area contributed by atoms with Gasteiger partial charge in [0.05, 0.1) is 10.2 Å². The van der Waals surface area contributed by atoms with Crippen LogP contribution in [0.5, 0.6) is 0 Å². The fourth-order valence-electron chi connectivity index (χ4n) is 1.70. The van der Waals surface area contributed by atoms with Crippen LogP contribution < -0.4 is 0 Å². The lowest BCUT2D eigenvalue weighted by Crippen LogP contribution is -2.55. The Labute approximate surface area is 102 Å². The number of halogens is 2. The summed E-state index contributed by atoms with van der Waals surface area (Å²) >= 11 is 9.19. The number of alkyl halides is 2. The van der Waals surface area contributed by atoms with Crippen molar-refractivity contribution in [1.29, 1.82) is 0 Å². The van der Waals surface area contributed by atoms with Crippen molar-refractivity contribution in [2.24, 2.45) is 11.3 Å². The fraction of sp³-hybridized carbons (Fsp3) is 0.700. The maximum Gasteiger partial charge on any atom is 0.169 e. The van der Waals surface area contributed by atoms with Crippen molar-refractivity contribution in [3.05, 3.63) is 0 Å². The van der Waals surface area contributed by atoms with Gasteiger partial charge in [0.25, 0.3) is 0 Å². The van der Waals surface area contributed by atoms with Crippen molar-refractivity contribution < 1.29 is 14.4 Å². The zero-order valence-corrected chi connectivity index (χ0v) is 11.1. The lowest BCUT2D eigenvalue weighted by atomic mass is 9.70. The second-order valence-corrected chi connectivity index (χ2v) is 5.75. The lowest BCUT2D eigenvalue weighted by Gasteiger charge is -2.39. The minimum Gasteiger partial charge on any atom is -0.299 e. The number of hydrogen-bond donors (Lipinski definition) is 0. The predicted octanol–water partition coefficient (Wildman–Crippen LogP) is 1.74. The van der Waals surface area contributed by atoms with Gasteiger partial charge in [0, 0.05) is 5.41 Å². The Morgan fingerprint density at radius 2 is 1.80 bits per heavy atom. The molecule has 3 nitrogen and oxygen atoms in total. The van der Waals surface area contributed by atoms with Crippen LogP contribution in [0, 0.1) is 11.3 Å². The van der Waals surface area contributed by atoms with Crippen LogP contribution >= 0.6 is 27.5 Å². The molecule has 15 heavy (non-hydrogen) atoms. The molecule has 0 N–H and O–H groups in total. The predicted molar refractivity (Wildman–Crippen MR) is 60.3 cm³/mol. The van der Waals surface area contributed by atoms with Gasteiger partial charge >= 0.3 is 0 Å². The second kappa shape index (κ2) is 3.98. The van der Waals surface area contributed by atoms with E-state index in [2.05, 4.69) is 15.9 Å². The molecule has 0 aromatic carbocycles. The maximum atomic E-state index is 11.8. The van der Waals surface area contributed by atoms with Crippen LogP contribution in [0.15, 0.2) is 0 Å². The number of carbonyl (C=O) groups excluding carboxylic acids is 3. The highest BCUT2D eigenvalue weighted by atomic mass is 79.9. The number of ketones is 3. The number of hydrogen-bond acceptors (Lipinski definition) is 3. The van der Waals surface area contributed by atoms with Crippen LogP contribution in [-0.2, 0) is 14.4 Å². The van der Waals surface area contributed by atoms with Gasteiger partial charge in [-0.2, -0.15) is 0 Å². The molecule has 3 atom stereocenters. The van der Waals surface area contributed by atoms with E-state index < -0.39 is 33.1 Å². The first kappa shape index (κ1) is 12.8. The first-order valence-electron chi connectivity index (χ1n) is 4.57. The molecule has 0 heterocycles. The molecule has 1 saturated carbocycles. The molecule has 1 aliphatic rings. The maximum absolute atomic E-state index is 11.8. The number of carbonyl (C=O) groups is 3. The second-order valence-electron chi connectivity index (χ2n) is 4.39. The molecule has 0 amide bonds. The molecule has 0 aliphatic heterocycles. The smallest absolute Gasteiger partial charge is 0.169 e.